The molecular weight excluding hydrogens is 226 g/mol. The van der Waals surface area contributed by atoms with Crippen molar-refractivity contribution >= 4 is 11.7 Å². The molecule has 0 aliphatic carbocycles. The highest BCUT2D eigenvalue weighted by atomic mass is 16.2. The maximum atomic E-state index is 12.3. The number of carbonyl (C=O) groups is 2. The summed E-state index contributed by atoms with van der Waals surface area (Å²) in [7, 11) is 0. The third-order valence-electron chi connectivity index (χ3n) is 2.81. The molecule has 106 valence electrons. The number of Topliss-reactive ketones (excluding diaryl/α,β-unsaturated/α-hetero) is 1. The Kier molecular flexibility index (Phi) is 5.58. The van der Waals surface area contributed by atoms with E-state index in [1.54, 1.807) is 6.92 Å². The topological polar surface area (TPSA) is 46.2 Å². The standard InChI is InChI=1S/C15H29NO2/c1-6-14(17)10-13(9-12(4)5)15(18)16-8-7-11(2)3/h11-13H,6-10H2,1-5H3,(H,16,18)/t13-/m1/s1/i4D3,12D/t12?,13-. The second-order valence-electron chi connectivity index (χ2n) is 5.25. The van der Waals surface area contributed by atoms with Gasteiger partial charge in [-0.1, -0.05) is 34.5 Å². The van der Waals surface area contributed by atoms with Crippen LogP contribution in [0.15, 0.2) is 0 Å². The molecule has 0 radical (unpaired) electrons. The summed E-state index contributed by atoms with van der Waals surface area (Å²) in [6.07, 6.45) is 0.965. The summed E-state index contributed by atoms with van der Waals surface area (Å²) < 4.78 is 30.3. The molecule has 0 spiro atoms. The van der Waals surface area contributed by atoms with Crippen LogP contribution in [0.2, 0.25) is 0 Å². The van der Waals surface area contributed by atoms with E-state index in [4.69, 9.17) is 5.48 Å². The minimum absolute atomic E-state index is 0.00539. The van der Waals surface area contributed by atoms with Crippen molar-refractivity contribution in [3.63, 3.8) is 0 Å². The van der Waals surface area contributed by atoms with Gasteiger partial charge < -0.3 is 5.32 Å². The van der Waals surface area contributed by atoms with Crippen molar-refractivity contribution in [3.05, 3.63) is 0 Å². The molecule has 1 N–H and O–H groups in total. The number of ketones is 1. The third-order valence-corrected chi connectivity index (χ3v) is 2.81. The number of nitrogens with one attached hydrogen (secondary N) is 1. The highest BCUT2D eigenvalue weighted by Crippen LogP contribution is 2.17. The van der Waals surface area contributed by atoms with Crippen LogP contribution in [0.25, 0.3) is 0 Å². The first-order valence-electron chi connectivity index (χ1n) is 8.70. The fourth-order valence-corrected chi connectivity index (χ4v) is 1.67. The van der Waals surface area contributed by atoms with Crippen LogP contribution in [0.5, 0.6) is 0 Å². The fourth-order valence-electron chi connectivity index (χ4n) is 1.67. The first-order chi connectivity index (χ1) is 9.90. The Balaban J connectivity index is 4.89. The Morgan fingerprint density at radius 1 is 1.33 bits per heavy atom. The lowest BCUT2D eigenvalue weighted by atomic mass is 9.91. The average Bonchev–Trinajstić information content (AvgIpc) is 2.35. The van der Waals surface area contributed by atoms with E-state index < -0.39 is 18.7 Å². The number of carbonyl (C=O) groups excluding carboxylic acids is 2. The van der Waals surface area contributed by atoms with Crippen LogP contribution in [0.4, 0.5) is 0 Å². The van der Waals surface area contributed by atoms with Gasteiger partial charge in [-0.25, -0.2) is 0 Å². The zero-order valence-electron chi connectivity index (χ0n) is 16.0. The second kappa shape index (κ2) is 9.12. The molecule has 3 heteroatoms. The summed E-state index contributed by atoms with van der Waals surface area (Å²) in [5.74, 6) is -2.49. The fraction of sp³-hybridized carbons (Fsp3) is 0.867. The van der Waals surface area contributed by atoms with Gasteiger partial charge in [0, 0.05) is 30.8 Å². The van der Waals surface area contributed by atoms with E-state index in [9.17, 15) is 9.59 Å². The summed E-state index contributed by atoms with van der Waals surface area (Å²) >= 11 is 0. The molecule has 3 nitrogen and oxygen atoms in total. The van der Waals surface area contributed by atoms with Gasteiger partial charge in [0.15, 0.2) is 0 Å². The first-order valence-corrected chi connectivity index (χ1v) is 6.70. The van der Waals surface area contributed by atoms with Crippen molar-refractivity contribution < 1.29 is 15.1 Å². The van der Waals surface area contributed by atoms with Crippen LogP contribution in [-0.2, 0) is 9.59 Å². The largest absolute Gasteiger partial charge is 0.356 e. The van der Waals surface area contributed by atoms with Gasteiger partial charge in [-0.3, -0.25) is 9.59 Å². The summed E-state index contributed by atoms with van der Waals surface area (Å²) in [4.78, 5) is 23.9. The monoisotopic (exact) mass is 259 g/mol. The summed E-state index contributed by atoms with van der Waals surface area (Å²) in [5, 5.41) is 2.76. The van der Waals surface area contributed by atoms with Crippen molar-refractivity contribution in [1.29, 1.82) is 0 Å². The maximum Gasteiger partial charge on any atom is 0.223 e. The van der Waals surface area contributed by atoms with Crippen LogP contribution in [0.3, 0.4) is 0 Å². The molecule has 0 saturated carbocycles. The predicted molar refractivity (Wildman–Crippen MR) is 75.3 cm³/mol. The number of rotatable bonds is 9. The van der Waals surface area contributed by atoms with E-state index in [0.29, 0.717) is 18.9 Å². The maximum absolute atomic E-state index is 12.3. The Labute approximate surface area is 117 Å². The molecule has 0 fully saturated rings. The lowest BCUT2D eigenvalue weighted by molar-refractivity contribution is -0.129. The third kappa shape index (κ3) is 8.26. The van der Waals surface area contributed by atoms with Crippen molar-refractivity contribution in [2.45, 2.75) is 60.2 Å². The quantitative estimate of drug-likeness (QED) is 0.691. The molecule has 0 aromatic rings. The van der Waals surface area contributed by atoms with Gasteiger partial charge in [0.1, 0.15) is 5.78 Å². The Hall–Kier alpha value is -0.860. The lowest BCUT2D eigenvalue weighted by Crippen LogP contribution is -2.33. The molecule has 0 aromatic carbocycles. The highest BCUT2D eigenvalue weighted by molar-refractivity contribution is 5.86. The van der Waals surface area contributed by atoms with Gasteiger partial charge in [-0.05, 0) is 24.7 Å². The normalized spacial score (nSPS) is 20.1. The molecule has 0 bridgehead atoms. The van der Waals surface area contributed by atoms with Crippen LogP contribution in [0.1, 0.15) is 65.7 Å². The number of amides is 1. The van der Waals surface area contributed by atoms with Gasteiger partial charge in [-0.2, -0.15) is 0 Å². The molecular formula is C15H29NO2. The van der Waals surface area contributed by atoms with Crippen molar-refractivity contribution in [2.24, 2.45) is 17.7 Å². The van der Waals surface area contributed by atoms with E-state index in [1.807, 2.05) is 13.8 Å². The van der Waals surface area contributed by atoms with Gasteiger partial charge in [0.05, 0.1) is 0 Å². The SMILES string of the molecule is [2H]C([2H])([2H])C([2H])(C)C[C@H](CC(=O)CC)C(=O)NCCC(C)C. The summed E-state index contributed by atoms with van der Waals surface area (Å²) in [6.45, 7) is 5.10. The molecule has 0 aliphatic rings. The summed E-state index contributed by atoms with van der Waals surface area (Å²) in [5.41, 5.74) is 0. The molecule has 1 amide bonds. The molecule has 1 unspecified atom stereocenters. The number of hydrogen-bond donors (Lipinski definition) is 1. The minimum Gasteiger partial charge on any atom is -0.356 e. The van der Waals surface area contributed by atoms with E-state index in [-0.39, 0.29) is 24.5 Å². The van der Waals surface area contributed by atoms with Gasteiger partial charge in [0.25, 0.3) is 0 Å². The van der Waals surface area contributed by atoms with Crippen LogP contribution < -0.4 is 5.32 Å². The van der Waals surface area contributed by atoms with Crippen molar-refractivity contribution in [1.82, 2.24) is 5.32 Å². The summed E-state index contributed by atoms with van der Waals surface area (Å²) in [6, 6.07) is 0. The van der Waals surface area contributed by atoms with E-state index >= 15 is 0 Å². The molecule has 0 saturated heterocycles. The van der Waals surface area contributed by atoms with E-state index in [2.05, 4.69) is 5.32 Å². The lowest BCUT2D eigenvalue weighted by Gasteiger charge is -2.18. The molecule has 2 atom stereocenters. The average molecular weight is 259 g/mol. The second-order valence-corrected chi connectivity index (χ2v) is 5.25. The first kappa shape index (κ1) is 11.0. The highest BCUT2D eigenvalue weighted by Gasteiger charge is 2.21. The zero-order chi connectivity index (χ0) is 17.6. The smallest absolute Gasteiger partial charge is 0.223 e. The van der Waals surface area contributed by atoms with Crippen LogP contribution >= 0.6 is 0 Å². The van der Waals surface area contributed by atoms with Crippen LogP contribution in [-0.4, -0.2) is 18.2 Å². The Bertz CT molecular complexity index is 378. The van der Waals surface area contributed by atoms with Crippen molar-refractivity contribution in [2.75, 3.05) is 6.54 Å². The van der Waals surface area contributed by atoms with E-state index in [1.165, 1.54) is 6.92 Å². The van der Waals surface area contributed by atoms with Crippen molar-refractivity contribution in [3.8, 4) is 0 Å². The van der Waals surface area contributed by atoms with E-state index in [0.717, 1.165) is 6.42 Å². The van der Waals surface area contributed by atoms with Crippen LogP contribution in [0, 0.1) is 17.7 Å². The molecule has 0 heterocycles. The molecule has 0 rings (SSSR count). The molecule has 18 heavy (non-hydrogen) atoms. The van der Waals surface area contributed by atoms with Gasteiger partial charge >= 0.3 is 0 Å². The van der Waals surface area contributed by atoms with Gasteiger partial charge in [0.2, 0.25) is 5.91 Å². The number of hydrogen-bond acceptors (Lipinski definition) is 2. The zero-order valence-corrected chi connectivity index (χ0v) is 12.0. The predicted octanol–water partition coefficient (Wildman–Crippen LogP) is 3.18. The minimum atomic E-state index is -2.49. The Morgan fingerprint density at radius 2 is 2.00 bits per heavy atom. The molecule has 0 aromatic heterocycles. The Morgan fingerprint density at radius 3 is 2.50 bits per heavy atom. The van der Waals surface area contributed by atoms with Gasteiger partial charge in [-0.15, -0.1) is 0 Å². The molecule has 0 aliphatic heterocycles.